The van der Waals surface area contributed by atoms with Crippen molar-refractivity contribution in [1.29, 1.82) is 0 Å². The molecule has 0 radical (unpaired) electrons. The first kappa shape index (κ1) is 8.97. The fraction of sp³-hybridized carbons (Fsp3) is 1.00. The van der Waals surface area contributed by atoms with Gasteiger partial charge in [-0.25, -0.2) is 0 Å². The molecule has 1 aliphatic carbocycles. The maximum absolute atomic E-state index is 9.17. The van der Waals surface area contributed by atoms with Crippen molar-refractivity contribution >= 4 is 0 Å². The maximum atomic E-state index is 9.17. The topological polar surface area (TPSA) is 60.7 Å². The van der Waals surface area contributed by atoms with Gasteiger partial charge in [-0.1, -0.05) is 0 Å². The molecule has 11 heavy (non-hydrogen) atoms. The molecule has 3 heteroatoms. The Morgan fingerprint density at radius 2 is 1.55 bits per heavy atom. The summed E-state index contributed by atoms with van der Waals surface area (Å²) in [6, 6.07) is 0. The second-order valence-corrected chi connectivity index (χ2v) is 3.55. The van der Waals surface area contributed by atoms with Crippen molar-refractivity contribution in [2.45, 2.75) is 31.8 Å². The molecule has 1 aliphatic rings. The molecular formula is C8H16O3. The number of hydrogen-bond donors (Lipinski definition) is 3. The fourth-order valence-electron chi connectivity index (χ4n) is 1.58. The van der Waals surface area contributed by atoms with Gasteiger partial charge in [-0.2, -0.15) is 0 Å². The van der Waals surface area contributed by atoms with Crippen LogP contribution in [0.4, 0.5) is 0 Å². The van der Waals surface area contributed by atoms with Crippen LogP contribution in [-0.2, 0) is 0 Å². The highest BCUT2D eigenvalue weighted by Crippen LogP contribution is 2.35. The molecule has 1 fully saturated rings. The van der Waals surface area contributed by atoms with Crippen LogP contribution in [0, 0.1) is 5.41 Å². The molecule has 0 spiro atoms. The van der Waals surface area contributed by atoms with Crippen LogP contribution in [0.3, 0.4) is 0 Å². The predicted molar refractivity (Wildman–Crippen MR) is 41.1 cm³/mol. The molecule has 3 N–H and O–H groups in total. The zero-order valence-electron chi connectivity index (χ0n) is 6.66. The van der Waals surface area contributed by atoms with Crippen LogP contribution in [0.2, 0.25) is 0 Å². The molecule has 1 saturated carbocycles. The van der Waals surface area contributed by atoms with Gasteiger partial charge in [0.2, 0.25) is 0 Å². The SMILES string of the molecule is OCC1(CO)CCC(O)CC1. The van der Waals surface area contributed by atoms with E-state index < -0.39 is 0 Å². The van der Waals surface area contributed by atoms with E-state index in [2.05, 4.69) is 0 Å². The summed E-state index contributed by atoms with van der Waals surface area (Å²) in [4.78, 5) is 0. The summed E-state index contributed by atoms with van der Waals surface area (Å²) >= 11 is 0. The van der Waals surface area contributed by atoms with Gasteiger partial charge in [0, 0.05) is 5.41 Å². The van der Waals surface area contributed by atoms with Gasteiger partial charge in [-0.3, -0.25) is 0 Å². The lowest BCUT2D eigenvalue weighted by Crippen LogP contribution is -2.35. The first-order valence-corrected chi connectivity index (χ1v) is 4.12. The first-order valence-electron chi connectivity index (χ1n) is 4.12. The second-order valence-electron chi connectivity index (χ2n) is 3.55. The molecule has 0 bridgehead atoms. The van der Waals surface area contributed by atoms with Gasteiger partial charge >= 0.3 is 0 Å². The summed E-state index contributed by atoms with van der Waals surface area (Å²) in [5.74, 6) is 0. The zero-order valence-corrected chi connectivity index (χ0v) is 6.66. The van der Waals surface area contributed by atoms with Gasteiger partial charge in [0.25, 0.3) is 0 Å². The number of rotatable bonds is 2. The van der Waals surface area contributed by atoms with Crippen LogP contribution in [0.1, 0.15) is 25.7 Å². The molecule has 0 amide bonds. The highest BCUT2D eigenvalue weighted by Gasteiger charge is 2.33. The molecular weight excluding hydrogens is 144 g/mol. The van der Waals surface area contributed by atoms with Crippen LogP contribution in [0.25, 0.3) is 0 Å². The van der Waals surface area contributed by atoms with E-state index in [-0.39, 0.29) is 24.7 Å². The summed E-state index contributed by atoms with van der Waals surface area (Å²) in [6.45, 7) is 0.0758. The van der Waals surface area contributed by atoms with Gasteiger partial charge < -0.3 is 15.3 Å². The Balaban J connectivity index is 2.45. The highest BCUT2D eigenvalue weighted by atomic mass is 16.3. The van der Waals surface area contributed by atoms with Crippen molar-refractivity contribution in [3.05, 3.63) is 0 Å². The molecule has 0 aromatic rings. The lowest BCUT2D eigenvalue weighted by molar-refractivity contribution is -0.0125. The Hall–Kier alpha value is -0.120. The Labute approximate surface area is 66.7 Å². The monoisotopic (exact) mass is 160 g/mol. The lowest BCUT2D eigenvalue weighted by atomic mass is 9.74. The highest BCUT2D eigenvalue weighted by molar-refractivity contribution is 4.84. The van der Waals surface area contributed by atoms with Crippen molar-refractivity contribution in [2.75, 3.05) is 13.2 Å². The Morgan fingerprint density at radius 3 is 1.91 bits per heavy atom. The standard InChI is InChI=1S/C8H16O3/c9-5-8(6-10)3-1-7(11)2-4-8/h7,9-11H,1-6H2. The third kappa shape index (κ3) is 1.92. The number of hydrogen-bond acceptors (Lipinski definition) is 3. The van der Waals surface area contributed by atoms with Gasteiger partial charge in [0.15, 0.2) is 0 Å². The van der Waals surface area contributed by atoms with Crippen LogP contribution < -0.4 is 0 Å². The van der Waals surface area contributed by atoms with Crippen molar-refractivity contribution in [1.82, 2.24) is 0 Å². The van der Waals surface area contributed by atoms with Gasteiger partial charge in [-0.15, -0.1) is 0 Å². The van der Waals surface area contributed by atoms with E-state index >= 15 is 0 Å². The van der Waals surface area contributed by atoms with E-state index in [1.165, 1.54) is 0 Å². The first-order chi connectivity index (χ1) is 5.22. The zero-order chi connectivity index (χ0) is 8.32. The summed E-state index contributed by atoms with van der Waals surface area (Å²) in [5.41, 5.74) is -0.306. The molecule has 0 heterocycles. The van der Waals surface area contributed by atoms with E-state index in [4.69, 9.17) is 15.3 Å². The minimum atomic E-state index is -0.306. The van der Waals surface area contributed by atoms with E-state index in [9.17, 15) is 0 Å². The second kappa shape index (κ2) is 3.52. The van der Waals surface area contributed by atoms with Gasteiger partial charge in [0.1, 0.15) is 0 Å². The third-order valence-electron chi connectivity index (χ3n) is 2.69. The van der Waals surface area contributed by atoms with Gasteiger partial charge in [-0.05, 0) is 25.7 Å². The largest absolute Gasteiger partial charge is 0.396 e. The summed E-state index contributed by atoms with van der Waals surface area (Å²) in [7, 11) is 0. The molecule has 3 nitrogen and oxygen atoms in total. The van der Waals surface area contributed by atoms with Crippen molar-refractivity contribution in [3.8, 4) is 0 Å². The molecule has 0 saturated heterocycles. The maximum Gasteiger partial charge on any atom is 0.0540 e. The molecule has 0 aliphatic heterocycles. The average Bonchev–Trinajstić information content (AvgIpc) is 2.07. The van der Waals surface area contributed by atoms with Crippen molar-refractivity contribution in [2.24, 2.45) is 5.41 Å². The molecule has 0 unspecified atom stereocenters. The Bertz CT molecular complexity index is 111. The van der Waals surface area contributed by atoms with E-state index in [0.29, 0.717) is 12.8 Å². The fourth-order valence-corrected chi connectivity index (χ4v) is 1.58. The van der Waals surface area contributed by atoms with Crippen LogP contribution in [0.15, 0.2) is 0 Å². The minimum absolute atomic E-state index is 0.0379. The van der Waals surface area contributed by atoms with Crippen LogP contribution in [0.5, 0.6) is 0 Å². The van der Waals surface area contributed by atoms with E-state index in [1.807, 2.05) is 0 Å². The van der Waals surface area contributed by atoms with Gasteiger partial charge in [0.05, 0.1) is 19.3 Å². The van der Waals surface area contributed by atoms with Crippen LogP contribution >= 0.6 is 0 Å². The van der Waals surface area contributed by atoms with Crippen molar-refractivity contribution < 1.29 is 15.3 Å². The molecule has 66 valence electrons. The summed E-state index contributed by atoms with van der Waals surface area (Å²) in [6.07, 6.45) is 2.67. The minimum Gasteiger partial charge on any atom is -0.396 e. The third-order valence-corrected chi connectivity index (χ3v) is 2.69. The molecule has 0 aromatic carbocycles. The number of aliphatic hydroxyl groups is 3. The predicted octanol–water partition coefficient (Wildman–Crippen LogP) is -0.108. The Kier molecular flexibility index (Phi) is 2.87. The lowest BCUT2D eigenvalue weighted by Gasteiger charge is -2.35. The average molecular weight is 160 g/mol. The van der Waals surface area contributed by atoms with Crippen molar-refractivity contribution in [3.63, 3.8) is 0 Å². The van der Waals surface area contributed by atoms with E-state index in [0.717, 1.165) is 12.8 Å². The molecule has 1 rings (SSSR count). The summed E-state index contributed by atoms with van der Waals surface area (Å²) < 4.78 is 0. The Morgan fingerprint density at radius 1 is 1.09 bits per heavy atom. The van der Waals surface area contributed by atoms with Crippen LogP contribution in [-0.4, -0.2) is 34.6 Å². The normalized spacial score (nSPS) is 25.4. The summed E-state index contributed by atoms with van der Waals surface area (Å²) in [5, 5.41) is 27.1. The smallest absolute Gasteiger partial charge is 0.0540 e. The molecule has 0 atom stereocenters. The molecule has 0 aromatic heterocycles. The number of aliphatic hydroxyl groups excluding tert-OH is 3. The van der Waals surface area contributed by atoms with E-state index in [1.54, 1.807) is 0 Å². The quantitative estimate of drug-likeness (QED) is 0.528.